The Labute approximate surface area is 331 Å². The standard InChI is InChI=1S/C52H31N3OS/c1-3-13-32(14-4-1)33-25-27-34(28-26-33)37-19-11-20-41-47-42(21-12-23-45(47)56-50(37)41)52-53-48(51-49(54-52)40-18-8-10-24-46(40)57-51)35-29-30-39-38-17-7-9-22-43(38)55(44(39)31-35)36-15-5-2-6-16-36/h1-31H. The Morgan fingerprint density at radius 1 is 0.456 bits per heavy atom. The van der Waals surface area contributed by atoms with Crippen molar-refractivity contribution < 1.29 is 4.42 Å². The molecule has 57 heavy (non-hydrogen) atoms. The lowest BCUT2D eigenvalue weighted by Gasteiger charge is -2.10. The largest absolute Gasteiger partial charge is 0.455 e. The maximum atomic E-state index is 6.75. The van der Waals surface area contributed by atoms with Gasteiger partial charge in [0.15, 0.2) is 5.82 Å². The number of hydrogen-bond donors (Lipinski definition) is 0. The van der Waals surface area contributed by atoms with E-state index in [0.717, 1.165) is 76.7 Å². The highest BCUT2D eigenvalue weighted by Crippen LogP contribution is 2.44. The highest BCUT2D eigenvalue weighted by Gasteiger charge is 2.22. The number of aromatic nitrogens is 3. The number of benzene rings is 8. The molecular formula is C52H31N3OS. The summed E-state index contributed by atoms with van der Waals surface area (Å²) in [7, 11) is 0. The van der Waals surface area contributed by atoms with Crippen molar-refractivity contribution in [3.63, 3.8) is 0 Å². The van der Waals surface area contributed by atoms with E-state index in [1.165, 1.54) is 32.1 Å². The van der Waals surface area contributed by atoms with Gasteiger partial charge in [-0.2, -0.15) is 0 Å². The van der Waals surface area contributed by atoms with Gasteiger partial charge >= 0.3 is 0 Å². The van der Waals surface area contributed by atoms with Crippen molar-refractivity contribution in [2.75, 3.05) is 0 Å². The lowest BCUT2D eigenvalue weighted by molar-refractivity contribution is 0.670. The normalized spacial score (nSPS) is 11.9. The molecule has 0 saturated heterocycles. The van der Waals surface area contributed by atoms with Gasteiger partial charge in [-0.15, -0.1) is 11.3 Å². The lowest BCUT2D eigenvalue weighted by Crippen LogP contribution is -1.95. The third-order valence-electron chi connectivity index (χ3n) is 11.2. The number of rotatable bonds is 5. The summed E-state index contributed by atoms with van der Waals surface area (Å²) in [6.45, 7) is 0. The van der Waals surface area contributed by atoms with Crippen molar-refractivity contribution in [3.8, 4) is 50.6 Å². The van der Waals surface area contributed by atoms with E-state index in [4.69, 9.17) is 14.4 Å². The van der Waals surface area contributed by atoms with Crippen LogP contribution in [0.25, 0.3) is 115 Å². The quantitative estimate of drug-likeness (QED) is 0.176. The molecule has 0 saturated carbocycles. The Morgan fingerprint density at radius 3 is 1.96 bits per heavy atom. The van der Waals surface area contributed by atoms with Gasteiger partial charge in [-0.1, -0.05) is 152 Å². The molecule has 0 N–H and O–H groups in total. The Balaban J connectivity index is 1.08. The van der Waals surface area contributed by atoms with Gasteiger partial charge in [-0.3, -0.25) is 0 Å². The zero-order chi connectivity index (χ0) is 37.5. The number of fused-ring (bicyclic) bond motifs is 9. The minimum absolute atomic E-state index is 0.677. The molecule has 0 bridgehead atoms. The Hall–Kier alpha value is -7.34. The molecule has 0 fully saturated rings. The fourth-order valence-corrected chi connectivity index (χ4v) is 9.77. The zero-order valence-electron chi connectivity index (χ0n) is 30.6. The van der Waals surface area contributed by atoms with Crippen LogP contribution in [0.3, 0.4) is 0 Å². The topological polar surface area (TPSA) is 43.9 Å². The predicted molar refractivity (Wildman–Crippen MR) is 238 cm³/mol. The van der Waals surface area contributed by atoms with Crippen molar-refractivity contribution in [3.05, 3.63) is 188 Å². The van der Waals surface area contributed by atoms with Crippen molar-refractivity contribution in [1.29, 1.82) is 0 Å². The first-order chi connectivity index (χ1) is 28.3. The van der Waals surface area contributed by atoms with Crippen molar-refractivity contribution in [2.45, 2.75) is 0 Å². The SMILES string of the molecule is c1ccc(-c2ccc(-c3cccc4c3oc3cccc(-c5nc(-c6ccc7c8ccccc8n(-c8ccccc8)c7c6)c6sc7ccccc7c6n5)c34)cc2)cc1. The second kappa shape index (κ2) is 12.6. The van der Waals surface area contributed by atoms with Crippen molar-refractivity contribution >= 4 is 75.4 Å². The summed E-state index contributed by atoms with van der Waals surface area (Å²) >= 11 is 1.75. The maximum Gasteiger partial charge on any atom is 0.161 e. The first-order valence-electron chi connectivity index (χ1n) is 19.2. The minimum atomic E-state index is 0.677. The molecule has 266 valence electrons. The molecule has 0 aliphatic carbocycles. The van der Waals surface area contributed by atoms with Gasteiger partial charge in [0.25, 0.3) is 0 Å². The van der Waals surface area contributed by atoms with E-state index in [0.29, 0.717) is 5.82 Å². The number of hydrogen-bond acceptors (Lipinski definition) is 4. The van der Waals surface area contributed by atoms with Crippen LogP contribution in [0.15, 0.2) is 192 Å². The summed E-state index contributed by atoms with van der Waals surface area (Å²) in [6.07, 6.45) is 0. The second-order valence-corrected chi connectivity index (χ2v) is 15.6. The van der Waals surface area contributed by atoms with Gasteiger partial charge < -0.3 is 8.98 Å². The minimum Gasteiger partial charge on any atom is -0.455 e. The number of para-hydroxylation sites is 3. The molecule has 5 heteroatoms. The predicted octanol–water partition coefficient (Wildman–Crippen LogP) is 14.5. The van der Waals surface area contributed by atoms with E-state index < -0.39 is 0 Å². The van der Waals surface area contributed by atoms with Gasteiger partial charge in [0.2, 0.25) is 0 Å². The average molecular weight is 746 g/mol. The Morgan fingerprint density at radius 2 is 1.11 bits per heavy atom. The first-order valence-corrected chi connectivity index (χ1v) is 20.0. The highest BCUT2D eigenvalue weighted by molar-refractivity contribution is 7.26. The van der Waals surface area contributed by atoms with E-state index >= 15 is 0 Å². The number of thiophene rings is 1. The first kappa shape index (κ1) is 32.0. The van der Waals surface area contributed by atoms with Gasteiger partial charge in [0.1, 0.15) is 11.2 Å². The van der Waals surface area contributed by atoms with E-state index in [1.807, 2.05) is 6.07 Å². The molecule has 0 radical (unpaired) electrons. The molecule has 0 unspecified atom stereocenters. The molecule has 12 aromatic rings. The molecule has 0 atom stereocenters. The molecule has 0 aliphatic rings. The van der Waals surface area contributed by atoms with Gasteiger partial charge in [0.05, 0.1) is 26.9 Å². The Kier molecular flexibility index (Phi) is 7.06. The second-order valence-electron chi connectivity index (χ2n) is 14.5. The summed E-state index contributed by atoms with van der Waals surface area (Å²) < 4.78 is 11.4. The number of nitrogens with zero attached hydrogens (tertiary/aromatic N) is 3. The van der Waals surface area contributed by atoms with Crippen LogP contribution in [0.5, 0.6) is 0 Å². The third-order valence-corrected chi connectivity index (χ3v) is 12.4. The van der Waals surface area contributed by atoms with Crippen molar-refractivity contribution in [1.82, 2.24) is 14.5 Å². The van der Waals surface area contributed by atoms with Crippen LogP contribution in [0.1, 0.15) is 0 Å². The molecule has 0 amide bonds. The monoisotopic (exact) mass is 745 g/mol. The van der Waals surface area contributed by atoms with E-state index in [9.17, 15) is 0 Å². The van der Waals surface area contributed by atoms with E-state index in [1.54, 1.807) is 11.3 Å². The molecule has 0 spiro atoms. The van der Waals surface area contributed by atoms with Crippen LogP contribution >= 0.6 is 11.3 Å². The van der Waals surface area contributed by atoms with E-state index in [-0.39, 0.29) is 0 Å². The van der Waals surface area contributed by atoms with Crippen LogP contribution in [-0.2, 0) is 0 Å². The molecule has 4 heterocycles. The zero-order valence-corrected chi connectivity index (χ0v) is 31.4. The third kappa shape index (κ3) is 4.99. The molecule has 0 aliphatic heterocycles. The maximum absolute atomic E-state index is 6.75. The van der Waals surface area contributed by atoms with Crippen LogP contribution in [0, 0.1) is 0 Å². The molecule has 4 nitrogen and oxygen atoms in total. The van der Waals surface area contributed by atoms with Gasteiger partial charge in [0, 0.05) is 54.0 Å². The van der Waals surface area contributed by atoms with Gasteiger partial charge in [-0.25, -0.2) is 9.97 Å². The summed E-state index contributed by atoms with van der Waals surface area (Å²) in [5.74, 6) is 0.677. The van der Waals surface area contributed by atoms with Crippen LogP contribution in [0.4, 0.5) is 0 Å². The molecule has 8 aromatic carbocycles. The summed E-state index contributed by atoms with van der Waals surface area (Å²) in [5, 5.41) is 5.62. The fraction of sp³-hybridized carbons (Fsp3) is 0. The highest BCUT2D eigenvalue weighted by atomic mass is 32.1. The summed E-state index contributed by atoms with van der Waals surface area (Å²) in [4.78, 5) is 10.9. The summed E-state index contributed by atoms with van der Waals surface area (Å²) in [5.41, 5.74) is 13.5. The van der Waals surface area contributed by atoms with E-state index in [2.05, 4.69) is 187 Å². The van der Waals surface area contributed by atoms with Crippen LogP contribution in [-0.4, -0.2) is 14.5 Å². The summed E-state index contributed by atoms with van der Waals surface area (Å²) in [6, 6.07) is 66.5. The fourth-order valence-electron chi connectivity index (χ4n) is 8.61. The van der Waals surface area contributed by atoms with Crippen molar-refractivity contribution in [2.24, 2.45) is 0 Å². The van der Waals surface area contributed by atoms with Crippen LogP contribution < -0.4 is 0 Å². The average Bonchev–Trinajstić information content (AvgIpc) is 3.96. The van der Waals surface area contributed by atoms with Gasteiger partial charge in [-0.05, 0) is 53.1 Å². The Bertz CT molecular complexity index is 3510. The smallest absolute Gasteiger partial charge is 0.161 e. The molecule has 12 rings (SSSR count). The number of furan rings is 1. The lowest BCUT2D eigenvalue weighted by atomic mass is 9.98. The molecule has 4 aromatic heterocycles. The molecular weight excluding hydrogens is 715 g/mol. The van der Waals surface area contributed by atoms with Crippen LogP contribution in [0.2, 0.25) is 0 Å².